The number of aliphatic hydroxyl groups is 1. The molecule has 1 N–H and O–H groups in total. The lowest BCUT2D eigenvalue weighted by Gasteiger charge is -2.26. The zero-order chi connectivity index (χ0) is 22.5. The quantitative estimate of drug-likeness (QED) is 0.378. The molecule has 0 bridgehead atoms. The molecule has 164 valence electrons. The van der Waals surface area contributed by atoms with E-state index in [1.807, 2.05) is 50.2 Å². The van der Waals surface area contributed by atoms with Crippen molar-refractivity contribution in [3.05, 3.63) is 70.3 Å². The van der Waals surface area contributed by atoms with Crippen LogP contribution in [0.5, 0.6) is 5.75 Å². The number of ether oxygens (including phenoxy) is 1. The molecule has 2 aromatic carbocycles. The van der Waals surface area contributed by atoms with Gasteiger partial charge in [0.1, 0.15) is 11.5 Å². The summed E-state index contributed by atoms with van der Waals surface area (Å²) in [5.41, 5.74) is 1.22. The van der Waals surface area contributed by atoms with Crippen LogP contribution in [0.3, 0.4) is 0 Å². The Labute approximate surface area is 187 Å². The highest BCUT2D eigenvalue weighted by Gasteiger charge is 2.45. The monoisotopic (exact) mass is 442 g/mol. The summed E-state index contributed by atoms with van der Waals surface area (Å²) in [7, 11) is 3.91. The molecule has 1 amide bonds. The van der Waals surface area contributed by atoms with Crippen LogP contribution in [0.1, 0.15) is 30.5 Å². The summed E-state index contributed by atoms with van der Waals surface area (Å²) in [5.74, 6) is -0.868. The Morgan fingerprint density at radius 1 is 1.16 bits per heavy atom. The molecule has 0 radical (unpaired) electrons. The maximum atomic E-state index is 13.0. The van der Waals surface area contributed by atoms with Gasteiger partial charge in [0.05, 0.1) is 18.2 Å². The van der Waals surface area contributed by atoms with Crippen molar-refractivity contribution in [2.75, 3.05) is 33.8 Å². The Morgan fingerprint density at radius 3 is 2.52 bits per heavy atom. The van der Waals surface area contributed by atoms with Crippen molar-refractivity contribution in [1.82, 2.24) is 9.80 Å². The van der Waals surface area contributed by atoms with Crippen molar-refractivity contribution >= 4 is 29.1 Å². The molecule has 1 aliphatic rings. The summed E-state index contributed by atoms with van der Waals surface area (Å²) in [6.07, 6.45) is 0.697. The van der Waals surface area contributed by atoms with E-state index >= 15 is 0 Å². The van der Waals surface area contributed by atoms with Crippen molar-refractivity contribution in [2.24, 2.45) is 0 Å². The molecule has 0 saturated carbocycles. The maximum Gasteiger partial charge on any atom is 0.295 e. The van der Waals surface area contributed by atoms with Crippen molar-refractivity contribution in [1.29, 1.82) is 0 Å². The molecule has 1 aliphatic heterocycles. The number of benzene rings is 2. The van der Waals surface area contributed by atoms with Crippen molar-refractivity contribution in [3.63, 3.8) is 0 Å². The van der Waals surface area contributed by atoms with Gasteiger partial charge in [0, 0.05) is 17.1 Å². The maximum absolute atomic E-state index is 13.0. The minimum atomic E-state index is -0.696. The molecule has 1 fully saturated rings. The summed E-state index contributed by atoms with van der Waals surface area (Å²) in [6.45, 7) is 3.55. The third-order valence-corrected chi connectivity index (χ3v) is 5.40. The van der Waals surface area contributed by atoms with Gasteiger partial charge in [-0.2, -0.15) is 0 Å². The second kappa shape index (κ2) is 9.98. The van der Waals surface area contributed by atoms with Gasteiger partial charge < -0.3 is 19.6 Å². The van der Waals surface area contributed by atoms with Crippen LogP contribution in [0.15, 0.2) is 54.1 Å². The number of amides is 1. The molecular weight excluding hydrogens is 416 g/mol. The number of carbonyl (C=O) groups excluding carboxylic acids is 2. The molecule has 0 spiro atoms. The number of ketones is 1. The van der Waals surface area contributed by atoms with E-state index in [4.69, 9.17) is 16.3 Å². The standard InChI is InChI=1S/C24H27ClN2O4/c1-4-31-19-8-5-7-17(15-19)21-20(22(28)16-9-11-18(25)12-10-16)23(29)24(30)27(21)14-6-13-26(2)3/h5,7-12,15,21,28H,4,6,13-14H2,1-3H3/b22-20+. The average molecular weight is 443 g/mol. The first-order valence-electron chi connectivity index (χ1n) is 10.2. The van der Waals surface area contributed by atoms with E-state index in [9.17, 15) is 14.7 Å². The van der Waals surface area contributed by atoms with Crippen LogP contribution in [0.4, 0.5) is 0 Å². The zero-order valence-corrected chi connectivity index (χ0v) is 18.7. The highest BCUT2D eigenvalue weighted by molar-refractivity contribution is 6.46. The van der Waals surface area contributed by atoms with Crippen molar-refractivity contribution in [3.8, 4) is 5.75 Å². The highest BCUT2D eigenvalue weighted by Crippen LogP contribution is 2.40. The number of likely N-dealkylation sites (tertiary alicyclic amines) is 1. The fraction of sp³-hybridized carbons (Fsp3) is 0.333. The van der Waals surface area contributed by atoms with E-state index in [-0.39, 0.29) is 11.3 Å². The first-order chi connectivity index (χ1) is 14.8. The van der Waals surface area contributed by atoms with Gasteiger partial charge >= 0.3 is 0 Å². The number of aliphatic hydroxyl groups excluding tert-OH is 1. The van der Waals surface area contributed by atoms with E-state index in [1.54, 1.807) is 29.2 Å². The smallest absolute Gasteiger partial charge is 0.295 e. The summed E-state index contributed by atoms with van der Waals surface area (Å²) in [6, 6.07) is 13.1. The number of rotatable bonds is 8. The summed E-state index contributed by atoms with van der Waals surface area (Å²) < 4.78 is 5.61. The summed E-state index contributed by atoms with van der Waals surface area (Å²) in [5, 5.41) is 11.5. The number of nitrogens with zero attached hydrogens (tertiary/aromatic N) is 2. The van der Waals surface area contributed by atoms with Gasteiger partial charge in [-0.1, -0.05) is 23.7 Å². The molecule has 31 heavy (non-hydrogen) atoms. The van der Waals surface area contributed by atoms with Crippen LogP contribution >= 0.6 is 11.6 Å². The minimum Gasteiger partial charge on any atom is -0.507 e. The predicted molar refractivity (Wildman–Crippen MR) is 121 cm³/mol. The molecular formula is C24H27ClN2O4. The van der Waals surface area contributed by atoms with Crippen LogP contribution in [0.2, 0.25) is 5.02 Å². The van der Waals surface area contributed by atoms with Crippen LogP contribution in [-0.2, 0) is 9.59 Å². The first-order valence-corrected chi connectivity index (χ1v) is 10.6. The molecule has 6 nitrogen and oxygen atoms in total. The Hall–Kier alpha value is -2.83. The second-order valence-electron chi connectivity index (χ2n) is 7.66. The number of hydrogen-bond donors (Lipinski definition) is 1. The molecule has 1 unspecified atom stereocenters. The molecule has 2 aromatic rings. The SMILES string of the molecule is CCOc1cccc(C2/C(=C(\O)c3ccc(Cl)cc3)C(=O)C(=O)N2CCCN(C)C)c1. The van der Waals surface area contributed by atoms with Crippen molar-refractivity contribution < 1.29 is 19.4 Å². The largest absolute Gasteiger partial charge is 0.507 e. The Balaban J connectivity index is 2.09. The number of carbonyl (C=O) groups is 2. The topological polar surface area (TPSA) is 70.1 Å². The molecule has 3 rings (SSSR count). The van der Waals surface area contributed by atoms with Crippen LogP contribution in [-0.4, -0.2) is 60.4 Å². The lowest BCUT2D eigenvalue weighted by atomic mass is 9.95. The van der Waals surface area contributed by atoms with Gasteiger partial charge in [-0.3, -0.25) is 9.59 Å². The predicted octanol–water partition coefficient (Wildman–Crippen LogP) is 4.11. The Bertz CT molecular complexity index is 985. The van der Waals surface area contributed by atoms with Gasteiger partial charge in [0.25, 0.3) is 11.7 Å². The third kappa shape index (κ3) is 5.09. The van der Waals surface area contributed by atoms with E-state index in [0.717, 1.165) is 6.54 Å². The first kappa shape index (κ1) is 22.8. The highest BCUT2D eigenvalue weighted by atomic mass is 35.5. The fourth-order valence-corrected chi connectivity index (χ4v) is 3.84. The van der Waals surface area contributed by atoms with Crippen molar-refractivity contribution in [2.45, 2.75) is 19.4 Å². The fourth-order valence-electron chi connectivity index (χ4n) is 3.72. The Morgan fingerprint density at radius 2 is 1.87 bits per heavy atom. The van der Waals surface area contributed by atoms with E-state index in [1.165, 1.54) is 0 Å². The summed E-state index contributed by atoms with van der Waals surface area (Å²) >= 11 is 5.96. The number of Topliss-reactive ketones (excluding diaryl/α,β-unsaturated/α-hetero) is 1. The Kier molecular flexibility index (Phi) is 7.36. The van der Waals surface area contributed by atoms with E-state index in [0.29, 0.717) is 41.5 Å². The molecule has 0 aromatic heterocycles. The minimum absolute atomic E-state index is 0.0748. The molecule has 7 heteroatoms. The van der Waals surface area contributed by atoms with Gasteiger partial charge in [0.2, 0.25) is 0 Å². The number of hydrogen-bond acceptors (Lipinski definition) is 5. The summed E-state index contributed by atoms with van der Waals surface area (Å²) in [4.78, 5) is 29.5. The van der Waals surface area contributed by atoms with Gasteiger partial charge in [-0.25, -0.2) is 0 Å². The average Bonchev–Trinajstić information content (AvgIpc) is 2.99. The lowest BCUT2D eigenvalue weighted by molar-refractivity contribution is -0.139. The zero-order valence-electron chi connectivity index (χ0n) is 18.0. The van der Waals surface area contributed by atoms with Gasteiger partial charge in [-0.05, 0) is 75.9 Å². The van der Waals surface area contributed by atoms with Gasteiger partial charge in [-0.15, -0.1) is 0 Å². The molecule has 0 aliphatic carbocycles. The van der Waals surface area contributed by atoms with Gasteiger partial charge in [0.15, 0.2) is 0 Å². The van der Waals surface area contributed by atoms with Crippen LogP contribution < -0.4 is 4.74 Å². The molecule has 1 heterocycles. The molecule has 1 atom stereocenters. The second-order valence-corrected chi connectivity index (χ2v) is 8.10. The van der Waals surface area contributed by atoms with E-state index < -0.39 is 17.7 Å². The molecule has 1 saturated heterocycles. The van der Waals surface area contributed by atoms with E-state index in [2.05, 4.69) is 0 Å². The van der Waals surface area contributed by atoms with Crippen LogP contribution in [0.25, 0.3) is 5.76 Å². The lowest BCUT2D eigenvalue weighted by Crippen LogP contribution is -2.32. The van der Waals surface area contributed by atoms with Crippen LogP contribution in [0, 0.1) is 0 Å². The number of halogens is 1. The normalized spacial score (nSPS) is 18.1. The third-order valence-electron chi connectivity index (χ3n) is 5.15.